The maximum Gasteiger partial charge on any atom is 0.133 e. The van der Waals surface area contributed by atoms with Crippen LogP contribution in [0.25, 0.3) is 10.2 Å². The van der Waals surface area contributed by atoms with Gasteiger partial charge in [0, 0.05) is 18.5 Å². The molecule has 0 spiro atoms. The van der Waals surface area contributed by atoms with Crippen molar-refractivity contribution in [3.63, 3.8) is 0 Å². The number of aromatic nitrogens is 1. The van der Waals surface area contributed by atoms with Gasteiger partial charge in [-0.2, -0.15) is 5.26 Å². The molecule has 22 heavy (non-hydrogen) atoms. The van der Waals surface area contributed by atoms with Gasteiger partial charge in [-0.1, -0.05) is 0 Å². The summed E-state index contributed by atoms with van der Waals surface area (Å²) in [5, 5.41) is 10.3. The molecule has 0 saturated carbocycles. The molecule has 0 bridgehead atoms. The molecule has 2 aromatic rings. The molecular weight excluding hydrogens is 296 g/mol. The first-order valence-electron chi connectivity index (χ1n) is 7.76. The Hall–Kier alpha value is -1.84. The molecule has 6 heteroatoms. The molecule has 2 N–H and O–H groups in total. The Morgan fingerprint density at radius 2 is 1.91 bits per heavy atom. The second-order valence-corrected chi connectivity index (χ2v) is 6.83. The number of ether oxygens (including phenoxy) is 1. The van der Waals surface area contributed by atoms with Crippen molar-refractivity contribution in [1.29, 1.82) is 5.26 Å². The second-order valence-electron chi connectivity index (χ2n) is 5.84. The first-order valence-corrected chi connectivity index (χ1v) is 8.57. The minimum absolute atomic E-state index is 0.592. The van der Waals surface area contributed by atoms with Crippen LogP contribution in [0.4, 0.5) is 11.5 Å². The minimum Gasteiger partial charge on any atom is -0.396 e. The summed E-state index contributed by atoms with van der Waals surface area (Å²) in [6.45, 7) is 3.28. The average molecular weight is 314 g/mol. The van der Waals surface area contributed by atoms with Gasteiger partial charge in [0.05, 0.1) is 18.9 Å². The zero-order valence-corrected chi connectivity index (χ0v) is 13.2. The van der Waals surface area contributed by atoms with Crippen molar-refractivity contribution in [2.75, 3.05) is 36.9 Å². The van der Waals surface area contributed by atoms with Gasteiger partial charge >= 0.3 is 0 Å². The molecule has 1 fully saturated rings. The normalized spacial score (nSPS) is 18.2. The molecule has 4 rings (SSSR count). The first-order chi connectivity index (χ1) is 10.8. The lowest BCUT2D eigenvalue weighted by Gasteiger charge is -2.31. The lowest BCUT2D eigenvalue weighted by atomic mass is 9.89. The van der Waals surface area contributed by atoms with Gasteiger partial charge in [0.15, 0.2) is 0 Å². The van der Waals surface area contributed by atoms with Crippen molar-refractivity contribution in [1.82, 2.24) is 4.98 Å². The Labute approximate surface area is 133 Å². The monoisotopic (exact) mass is 314 g/mol. The largest absolute Gasteiger partial charge is 0.396 e. The number of morpholine rings is 1. The Morgan fingerprint density at radius 3 is 2.64 bits per heavy atom. The van der Waals surface area contributed by atoms with Crippen molar-refractivity contribution in [2.45, 2.75) is 25.7 Å². The van der Waals surface area contributed by atoms with E-state index in [9.17, 15) is 5.26 Å². The number of nitriles is 1. The summed E-state index contributed by atoms with van der Waals surface area (Å²) >= 11 is 1.42. The fourth-order valence-electron chi connectivity index (χ4n) is 3.51. The van der Waals surface area contributed by atoms with Crippen LogP contribution in [-0.4, -0.2) is 31.3 Å². The zero-order valence-electron chi connectivity index (χ0n) is 12.4. The maximum atomic E-state index is 9.27. The fourth-order valence-corrected chi connectivity index (χ4v) is 4.43. The number of aryl methyl sites for hydroxylation is 1. The van der Waals surface area contributed by atoms with E-state index < -0.39 is 0 Å². The number of pyridine rings is 1. The highest BCUT2D eigenvalue weighted by molar-refractivity contribution is 7.19. The predicted molar refractivity (Wildman–Crippen MR) is 88.4 cm³/mol. The van der Waals surface area contributed by atoms with E-state index in [1.54, 1.807) is 0 Å². The van der Waals surface area contributed by atoms with E-state index >= 15 is 0 Å². The van der Waals surface area contributed by atoms with Crippen molar-refractivity contribution in [3.8, 4) is 6.07 Å². The molecule has 2 aliphatic rings. The molecular formula is C16H18N4OS. The van der Waals surface area contributed by atoms with Crippen LogP contribution in [-0.2, 0) is 17.6 Å². The van der Waals surface area contributed by atoms with Crippen molar-refractivity contribution in [3.05, 3.63) is 16.0 Å². The van der Waals surface area contributed by atoms with E-state index in [0.29, 0.717) is 10.6 Å². The Morgan fingerprint density at radius 1 is 1.18 bits per heavy atom. The molecule has 114 valence electrons. The highest BCUT2D eigenvalue weighted by Gasteiger charge is 2.26. The number of anilines is 2. The van der Waals surface area contributed by atoms with Crippen LogP contribution in [0.15, 0.2) is 0 Å². The Bertz CT molecular complexity index is 771. The van der Waals surface area contributed by atoms with E-state index in [4.69, 9.17) is 15.5 Å². The van der Waals surface area contributed by atoms with Crippen molar-refractivity contribution < 1.29 is 4.74 Å². The van der Waals surface area contributed by atoms with Gasteiger partial charge in [-0.3, -0.25) is 0 Å². The van der Waals surface area contributed by atoms with Gasteiger partial charge in [-0.05, 0) is 36.8 Å². The number of thiophene rings is 1. The third-order valence-electron chi connectivity index (χ3n) is 4.59. The predicted octanol–water partition coefficient (Wildman–Crippen LogP) is 2.47. The third kappa shape index (κ3) is 2.04. The maximum absolute atomic E-state index is 9.27. The summed E-state index contributed by atoms with van der Waals surface area (Å²) in [6, 6.07) is 2.21. The van der Waals surface area contributed by atoms with Crippen molar-refractivity contribution in [2.24, 2.45) is 0 Å². The van der Waals surface area contributed by atoms with Gasteiger partial charge in [0.25, 0.3) is 0 Å². The van der Waals surface area contributed by atoms with Gasteiger partial charge in [-0.25, -0.2) is 4.98 Å². The highest BCUT2D eigenvalue weighted by atomic mass is 32.1. The number of hydrogen-bond acceptors (Lipinski definition) is 6. The van der Waals surface area contributed by atoms with E-state index in [2.05, 4.69) is 11.0 Å². The standard InChI is InChI=1S/C16H18N4OS/c17-9-12-14(18)13-10-3-1-2-4-11(10)15(19-16(13)22-12)20-5-7-21-8-6-20/h1-8,18H2. The number of hydrogen-bond donors (Lipinski definition) is 1. The van der Waals surface area contributed by atoms with E-state index in [1.165, 1.54) is 35.3 Å². The van der Waals surface area contributed by atoms with Crippen LogP contribution in [0.1, 0.15) is 28.8 Å². The van der Waals surface area contributed by atoms with Gasteiger partial charge in [0.2, 0.25) is 0 Å². The molecule has 0 amide bonds. The first kappa shape index (κ1) is 13.8. The number of fused-ring (bicyclic) bond motifs is 3. The van der Waals surface area contributed by atoms with Crippen LogP contribution in [0.3, 0.4) is 0 Å². The number of nitrogens with zero attached hydrogens (tertiary/aromatic N) is 3. The van der Waals surface area contributed by atoms with Gasteiger partial charge in [-0.15, -0.1) is 11.3 Å². The molecule has 0 aromatic carbocycles. The molecule has 1 saturated heterocycles. The summed E-state index contributed by atoms with van der Waals surface area (Å²) in [4.78, 5) is 8.73. The molecule has 1 aliphatic carbocycles. The van der Waals surface area contributed by atoms with Crippen LogP contribution >= 0.6 is 11.3 Å². The van der Waals surface area contributed by atoms with Gasteiger partial charge in [0.1, 0.15) is 21.6 Å². The SMILES string of the molecule is N#Cc1sc2nc(N3CCOCC3)c3c(c2c1N)CCCC3. The smallest absolute Gasteiger partial charge is 0.133 e. The molecule has 1 aliphatic heterocycles. The second kappa shape index (κ2) is 5.41. The summed E-state index contributed by atoms with van der Waals surface area (Å²) < 4.78 is 5.46. The lowest BCUT2D eigenvalue weighted by Crippen LogP contribution is -2.37. The number of nitrogens with two attached hydrogens (primary N) is 1. The highest BCUT2D eigenvalue weighted by Crippen LogP contribution is 2.41. The fraction of sp³-hybridized carbons (Fsp3) is 0.500. The Balaban J connectivity index is 1.95. The molecule has 5 nitrogen and oxygen atoms in total. The Kier molecular flexibility index (Phi) is 3.40. The van der Waals surface area contributed by atoms with E-state index in [1.807, 2.05) is 0 Å². The number of nitrogen functional groups attached to an aromatic ring is 1. The van der Waals surface area contributed by atoms with Crippen LogP contribution in [0.2, 0.25) is 0 Å². The summed E-state index contributed by atoms with van der Waals surface area (Å²) in [5.41, 5.74) is 9.51. The van der Waals surface area contributed by atoms with Crippen molar-refractivity contribution >= 4 is 33.1 Å². The molecule has 2 aromatic heterocycles. The van der Waals surface area contributed by atoms with E-state index in [-0.39, 0.29) is 0 Å². The van der Waals surface area contributed by atoms with Gasteiger partial charge < -0.3 is 15.4 Å². The molecule has 0 atom stereocenters. The van der Waals surface area contributed by atoms with E-state index in [0.717, 1.165) is 55.2 Å². The number of rotatable bonds is 1. The lowest BCUT2D eigenvalue weighted by molar-refractivity contribution is 0.122. The third-order valence-corrected chi connectivity index (χ3v) is 5.59. The zero-order chi connectivity index (χ0) is 15.1. The van der Waals surface area contributed by atoms with Crippen LogP contribution < -0.4 is 10.6 Å². The molecule has 0 unspecified atom stereocenters. The topological polar surface area (TPSA) is 75.2 Å². The van der Waals surface area contributed by atoms with Crippen LogP contribution in [0, 0.1) is 11.3 Å². The quantitative estimate of drug-likeness (QED) is 0.875. The summed E-state index contributed by atoms with van der Waals surface area (Å²) in [7, 11) is 0. The molecule has 3 heterocycles. The summed E-state index contributed by atoms with van der Waals surface area (Å²) in [6.07, 6.45) is 4.48. The average Bonchev–Trinajstić information content (AvgIpc) is 2.91. The summed E-state index contributed by atoms with van der Waals surface area (Å²) in [5.74, 6) is 1.09. The van der Waals surface area contributed by atoms with Crippen LogP contribution in [0.5, 0.6) is 0 Å². The molecule has 0 radical (unpaired) electrons. The minimum atomic E-state index is 0.592.